The average Bonchev–Trinajstić information content (AvgIpc) is 2.79. The van der Waals surface area contributed by atoms with Crippen molar-refractivity contribution in [2.45, 2.75) is 53.5 Å². The molecule has 0 aliphatic carbocycles. The summed E-state index contributed by atoms with van der Waals surface area (Å²) in [6.07, 6.45) is 3.51. The molecular formula is C26H34BrN3O4. The molecule has 2 aromatic carbocycles. The predicted octanol–water partition coefficient (Wildman–Crippen LogP) is 5.24. The van der Waals surface area contributed by atoms with Crippen LogP contribution in [0.1, 0.15) is 62.0 Å². The maximum absolute atomic E-state index is 12.7. The zero-order chi connectivity index (χ0) is 25.1. The molecular weight excluding hydrogens is 498 g/mol. The molecule has 8 heteroatoms. The molecule has 0 aliphatic rings. The van der Waals surface area contributed by atoms with Crippen LogP contribution in [0, 0.1) is 12.8 Å². The molecule has 0 spiro atoms. The van der Waals surface area contributed by atoms with Crippen molar-refractivity contribution >= 4 is 34.0 Å². The molecule has 0 heterocycles. The molecule has 2 rings (SSSR count). The molecule has 0 fully saturated rings. The summed E-state index contributed by atoms with van der Waals surface area (Å²) in [4.78, 5) is 25.3. The van der Waals surface area contributed by atoms with E-state index in [1.54, 1.807) is 12.1 Å². The summed E-state index contributed by atoms with van der Waals surface area (Å²) in [6, 6.07) is 10.1. The Kier molecular flexibility index (Phi) is 11.1. The maximum Gasteiger partial charge on any atom is 0.262 e. The standard InChI is InChI=1S/C26H34BrN3O4/c1-6-8-13-34-24-21(27)14-19(15-22(24)33-7-2)16-28-30-26(32)23(17(3)4)29-25(31)20-11-9-18(5)10-12-20/h9-12,14-17,23H,6-8,13H2,1-5H3,(H,29,31)(H,30,32). The minimum Gasteiger partial charge on any atom is -0.490 e. The van der Waals surface area contributed by atoms with Gasteiger partial charge in [0.1, 0.15) is 6.04 Å². The molecule has 0 aromatic heterocycles. The monoisotopic (exact) mass is 531 g/mol. The lowest BCUT2D eigenvalue weighted by Gasteiger charge is -2.20. The molecule has 7 nitrogen and oxygen atoms in total. The lowest BCUT2D eigenvalue weighted by Crippen LogP contribution is -2.48. The molecule has 0 saturated heterocycles. The number of nitrogens with zero attached hydrogens (tertiary/aromatic N) is 1. The topological polar surface area (TPSA) is 89.0 Å². The lowest BCUT2D eigenvalue weighted by molar-refractivity contribution is -0.123. The van der Waals surface area contributed by atoms with Crippen LogP contribution in [0.5, 0.6) is 11.5 Å². The van der Waals surface area contributed by atoms with Gasteiger partial charge in [0, 0.05) is 5.56 Å². The van der Waals surface area contributed by atoms with Crippen LogP contribution in [-0.4, -0.2) is 37.3 Å². The Balaban J connectivity index is 2.08. The summed E-state index contributed by atoms with van der Waals surface area (Å²) in [5, 5.41) is 6.89. The number of hydrazone groups is 1. The van der Waals surface area contributed by atoms with Crippen molar-refractivity contribution in [1.29, 1.82) is 0 Å². The van der Waals surface area contributed by atoms with E-state index in [2.05, 4.69) is 38.7 Å². The summed E-state index contributed by atoms with van der Waals surface area (Å²) in [5.74, 6) is 0.432. The number of carbonyl (C=O) groups excluding carboxylic acids is 2. The summed E-state index contributed by atoms with van der Waals surface area (Å²) >= 11 is 3.54. The first-order chi connectivity index (χ1) is 16.3. The number of carbonyl (C=O) groups is 2. The highest BCUT2D eigenvalue weighted by atomic mass is 79.9. The van der Waals surface area contributed by atoms with Crippen LogP contribution in [0.3, 0.4) is 0 Å². The number of amides is 2. The van der Waals surface area contributed by atoms with Crippen LogP contribution < -0.4 is 20.2 Å². The van der Waals surface area contributed by atoms with Gasteiger partial charge in [0.15, 0.2) is 11.5 Å². The SMILES string of the molecule is CCCCOc1c(Br)cc(C=NNC(=O)C(NC(=O)c2ccc(C)cc2)C(C)C)cc1OCC. The molecule has 2 amide bonds. The van der Waals surface area contributed by atoms with Crippen LogP contribution in [0.4, 0.5) is 0 Å². The fourth-order valence-corrected chi connectivity index (χ4v) is 3.66. The Morgan fingerprint density at radius 2 is 1.82 bits per heavy atom. The number of hydrogen-bond donors (Lipinski definition) is 2. The van der Waals surface area contributed by atoms with E-state index in [4.69, 9.17) is 9.47 Å². The van der Waals surface area contributed by atoms with Crippen LogP contribution in [0.2, 0.25) is 0 Å². The van der Waals surface area contributed by atoms with Crippen molar-refractivity contribution in [2.24, 2.45) is 11.0 Å². The van der Waals surface area contributed by atoms with Gasteiger partial charge in [-0.15, -0.1) is 0 Å². The summed E-state index contributed by atoms with van der Waals surface area (Å²) < 4.78 is 12.3. The normalized spacial score (nSPS) is 12.0. The zero-order valence-electron chi connectivity index (χ0n) is 20.5. The van der Waals surface area contributed by atoms with Crippen molar-refractivity contribution in [1.82, 2.24) is 10.7 Å². The summed E-state index contributed by atoms with van der Waals surface area (Å²) in [5.41, 5.74) is 4.82. The second kappa shape index (κ2) is 13.7. The van der Waals surface area contributed by atoms with Gasteiger partial charge in [-0.2, -0.15) is 5.10 Å². The molecule has 1 atom stereocenters. The number of aryl methyl sites for hydroxylation is 1. The number of nitrogens with one attached hydrogen (secondary N) is 2. The fraction of sp³-hybridized carbons (Fsp3) is 0.423. The first kappa shape index (κ1) is 27.4. The second-order valence-corrected chi connectivity index (χ2v) is 9.11. The van der Waals surface area contributed by atoms with Gasteiger partial charge >= 0.3 is 0 Å². The van der Waals surface area contributed by atoms with Crippen LogP contribution in [-0.2, 0) is 4.79 Å². The molecule has 0 radical (unpaired) electrons. The highest BCUT2D eigenvalue weighted by Gasteiger charge is 2.24. The van der Waals surface area contributed by atoms with Crippen LogP contribution in [0.15, 0.2) is 46.0 Å². The van der Waals surface area contributed by atoms with Gasteiger partial charge in [-0.25, -0.2) is 5.43 Å². The van der Waals surface area contributed by atoms with E-state index in [1.807, 2.05) is 52.0 Å². The third-order valence-corrected chi connectivity index (χ3v) is 5.60. The fourth-order valence-electron chi connectivity index (χ4n) is 3.09. The molecule has 2 aromatic rings. The number of rotatable bonds is 12. The highest BCUT2D eigenvalue weighted by molar-refractivity contribution is 9.10. The zero-order valence-corrected chi connectivity index (χ0v) is 22.1. The van der Waals surface area contributed by atoms with Gasteiger partial charge in [-0.05, 0) is 71.9 Å². The van der Waals surface area contributed by atoms with Crippen molar-refractivity contribution < 1.29 is 19.1 Å². The third kappa shape index (κ3) is 8.17. The molecule has 1 unspecified atom stereocenters. The quantitative estimate of drug-likeness (QED) is 0.222. The van der Waals surface area contributed by atoms with E-state index >= 15 is 0 Å². The van der Waals surface area contributed by atoms with Gasteiger partial charge in [0.05, 0.1) is 23.9 Å². The van der Waals surface area contributed by atoms with E-state index in [1.165, 1.54) is 6.21 Å². The number of halogens is 1. The third-order valence-electron chi connectivity index (χ3n) is 5.01. The molecule has 34 heavy (non-hydrogen) atoms. The average molecular weight is 532 g/mol. The molecule has 0 aliphatic heterocycles. The Bertz CT molecular complexity index is 990. The molecule has 0 saturated carbocycles. The summed E-state index contributed by atoms with van der Waals surface area (Å²) in [7, 11) is 0. The minimum absolute atomic E-state index is 0.122. The molecule has 2 N–H and O–H groups in total. The van der Waals surface area contributed by atoms with Gasteiger partial charge < -0.3 is 14.8 Å². The van der Waals surface area contributed by atoms with Crippen molar-refractivity contribution in [3.63, 3.8) is 0 Å². The lowest BCUT2D eigenvalue weighted by atomic mass is 10.0. The van der Waals surface area contributed by atoms with Gasteiger partial charge in [-0.1, -0.05) is 44.9 Å². The predicted molar refractivity (Wildman–Crippen MR) is 139 cm³/mol. The second-order valence-electron chi connectivity index (χ2n) is 8.26. The van der Waals surface area contributed by atoms with E-state index in [0.29, 0.717) is 30.3 Å². The van der Waals surface area contributed by atoms with Crippen molar-refractivity contribution in [3.8, 4) is 11.5 Å². The first-order valence-corrected chi connectivity index (χ1v) is 12.4. The van der Waals surface area contributed by atoms with E-state index in [9.17, 15) is 9.59 Å². The van der Waals surface area contributed by atoms with Gasteiger partial charge in [0.2, 0.25) is 0 Å². The number of benzene rings is 2. The Hall–Kier alpha value is -2.87. The Morgan fingerprint density at radius 3 is 2.44 bits per heavy atom. The van der Waals surface area contributed by atoms with E-state index in [-0.39, 0.29) is 11.8 Å². The number of hydrogen-bond acceptors (Lipinski definition) is 5. The number of ether oxygens (including phenoxy) is 2. The minimum atomic E-state index is -0.731. The highest BCUT2D eigenvalue weighted by Crippen LogP contribution is 2.36. The largest absolute Gasteiger partial charge is 0.490 e. The van der Waals surface area contributed by atoms with Crippen molar-refractivity contribution in [2.75, 3.05) is 13.2 Å². The van der Waals surface area contributed by atoms with E-state index < -0.39 is 11.9 Å². The Labute approximate surface area is 210 Å². The van der Waals surface area contributed by atoms with Gasteiger partial charge in [0.25, 0.3) is 11.8 Å². The van der Waals surface area contributed by atoms with Crippen molar-refractivity contribution in [3.05, 3.63) is 57.6 Å². The van der Waals surface area contributed by atoms with E-state index in [0.717, 1.165) is 28.4 Å². The van der Waals surface area contributed by atoms with Gasteiger partial charge in [-0.3, -0.25) is 9.59 Å². The maximum atomic E-state index is 12.7. The molecule has 184 valence electrons. The first-order valence-electron chi connectivity index (χ1n) is 11.6. The summed E-state index contributed by atoms with van der Waals surface area (Å²) in [6.45, 7) is 10.8. The van der Waals surface area contributed by atoms with Crippen LogP contribution in [0.25, 0.3) is 0 Å². The number of unbranched alkanes of at least 4 members (excludes halogenated alkanes) is 1. The smallest absolute Gasteiger partial charge is 0.262 e. The Morgan fingerprint density at radius 1 is 1.12 bits per heavy atom. The van der Waals surface area contributed by atoms with Crippen LogP contribution >= 0.6 is 15.9 Å². The molecule has 0 bridgehead atoms.